The summed E-state index contributed by atoms with van der Waals surface area (Å²) in [5, 5.41) is 6.09. The molecular weight excluding hydrogens is 214 g/mol. The third kappa shape index (κ3) is 5.84. The molecule has 0 atom stereocenters. The van der Waals surface area contributed by atoms with Crippen molar-refractivity contribution >= 4 is 5.91 Å². The lowest BCUT2D eigenvalue weighted by atomic mass is 10.0. The SMILES string of the molecule is C=CCNCC(=O)NC1CCN(CCC)CC1. The summed E-state index contributed by atoms with van der Waals surface area (Å²) in [7, 11) is 0. The van der Waals surface area contributed by atoms with E-state index in [1.165, 1.54) is 13.0 Å². The van der Waals surface area contributed by atoms with Gasteiger partial charge in [-0.2, -0.15) is 0 Å². The molecule has 0 bridgehead atoms. The molecule has 1 saturated heterocycles. The smallest absolute Gasteiger partial charge is 0.234 e. The Morgan fingerprint density at radius 3 is 2.76 bits per heavy atom. The zero-order valence-corrected chi connectivity index (χ0v) is 10.9. The molecule has 17 heavy (non-hydrogen) atoms. The second-order valence-corrected chi connectivity index (χ2v) is 4.60. The average Bonchev–Trinajstić information content (AvgIpc) is 2.32. The van der Waals surface area contributed by atoms with Crippen molar-refractivity contribution in [1.82, 2.24) is 15.5 Å². The van der Waals surface area contributed by atoms with Gasteiger partial charge in [0.25, 0.3) is 0 Å². The standard InChI is InChI=1S/C13H25N3O/c1-3-7-14-11-13(17)15-12-5-9-16(8-4-2)10-6-12/h3,12,14H,1,4-11H2,2H3,(H,15,17). The van der Waals surface area contributed by atoms with Gasteiger partial charge in [0, 0.05) is 25.7 Å². The minimum Gasteiger partial charge on any atom is -0.352 e. The number of carbonyl (C=O) groups excluding carboxylic acids is 1. The normalized spacial score (nSPS) is 17.9. The minimum atomic E-state index is 0.0980. The molecule has 4 heteroatoms. The number of amides is 1. The molecule has 1 aliphatic heterocycles. The molecule has 98 valence electrons. The molecule has 0 unspecified atom stereocenters. The maximum Gasteiger partial charge on any atom is 0.234 e. The van der Waals surface area contributed by atoms with E-state index in [1.807, 2.05) is 0 Å². The van der Waals surface area contributed by atoms with E-state index in [0.29, 0.717) is 19.1 Å². The van der Waals surface area contributed by atoms with Gasteiger partial charge < -0.3 is 15.5 Å². The monoisotopic (exact) mass is 239 g/mol. The first-order valence-corrected chi connectivity index (χ1v) is 6.59. The van der Waals surface area contributed by atoms with E-state index in [4.69, 9.17) is 0 Å². The molecule has 1 aliphatic rings. The van der Waals surface area contributed by atoms with Crippen LogP contribution in [0.5, 0.6) is 0 Å². The average molecular weight is 239 g/mol. The van der Waals surface area contributed by atoms with Crippen LogP contribution in [0.2, 0.25) is 0 Å². The molecule has 1 rings (SSSR count). The van der Waals surface area contributed by atoms with Crippen LogP contribution in [0.3, 0.4) is 0 Å². The Labute approximate surface area is 104 Å². The van der Waals surface area contributed by atoms with Crippen LogP contribution in [-0.2, 0) is 4.79 Å². The molecule has 0 aromatic rings. The van der Waals surface area contributed by atoms with E-state index < -0.39 is 0 Å². The van der Waals surface area contributed by atoms with E-state index >= 15 is 0 Å². The third-order valence-electron chi connectivity index (χ3n) is 3.07. The van der Waals surface area contributed by atoms with Crippen LogP contribution in [0.4, 0.5) is 0 Å². The fraction of sp³-hybridized carbons (Fsp3) is 0.769. The topological polar surface area (TPSA) is 44.4 Å². The van der Waals surface area contributed by atoms with Crippen LogP contribution in [0.1, 0.15) is 26.2 Å². The Morgan fingerprint density at radius 1 is 1.47 bits per heavy atom. The molecule has 0 aromatic carbocycles. The molecule has 2 N–H and O–H groups in total. The van der Waals surface area contributed by atoms with E-state index in [1.54, 1.807) is 6.08 Å². The van der Waals surface area contributed by atoms with Crippen molar-refractivity contribution < 1.29 is 4.79 Å². The van der Waals surface area contributed by atoms with Crippen molar-refractivity contribution in [2.45, 2.75) is 32.2 Å². The van der Waals surface area contributed by atoms with Crippen LogP contribution in [0, 0.1) is 0 Å². The highest BCUT2D eigenvalue weighted by atomic mass is 16.1. The number of nitrogens with zero attached hydrogens (tertiary/aromatic N) is 1. The molecule has 1 amide bonds. The van der Waals surface area contributed by atoms with Gasteiger partial charge in [-0.25, -0.2) is 0 Å². The molecule has 0 radical (unpaired) electrons. The molecule has 1 fully saturated rings. The Balaban J connectivity index is 2.12. The Kier molecular flexibility index (Phi) is 6.89. The highest BCUT2D eigenvalue weighted by Crippen LogP contribution is 2.10. The van der Waals surface area contributed by atoms with Crippen LogP contribution >= 0.6 is 0 Å². The highest BCUT2D eigenvalue weighted by Gasteiger charge is 2.19. The molecule has 0 saturated carbocycles. The van der Waals surface area contributed by atoms with Crippen LogP contribution < -0.4 is 10.6 Å². The van der Waals surface area contributed by atoms with Crippen molar-refractivity contribution in [3.05, 3.63) is 12.7 Å². The fourth-order valence-corrected chi connectivity index (χ4v) is 2.18. The summed E-state index contributed by atoms with van der Waals surface area (Å²) >= 11 is 0. The van der Waals surface area contributed by atoms with Gasteiger partial charge >= 0.3 is 0 Å². The van der Waals surface area contributed by atoms with Crippen molar-refractivity contribution in [3.8, 4) is 0 Å². The van der Waals surface area contributed by atoms with Gasteiger partial charge in [-0.3, -0.25) is 4.79 Å². The van der Waals surface area contributed by atoms with Gasteiger partial charge in [-0.05, 0) is 25.8 Å². The summed E-state index contributed by atoms with van der Waals surface area (Å²) in [5.41, 5.74) is 0. The Bertz CT molecular complexity index is 235. The molecule has 1 heterocycles. The zero-order valence-electron chi connectivity index (χ0n) is 10.9. The lowest BCUT2D eigenvalue weighted by Gasteiger charge is -2.32. The first kappa shape index (κ1) is 14.2. The molecule has 0 spiro atoms. The van der Waals surface area contributed by atoms with E-state index in [2.05, 4.69) is 29.0 Å². The first-order valence-electron chi connectivity index (χ1n) is 6.59. The lowest BCUT2D eigenvalue weighted by molar-refractivity contribution is -0.121. The number of piperidine rings is 1. The second kappa shape index (κ2) is 8.25. The van der Waals surface area contributed by atoms with Crippen molar-refractivity contribution in [2.75, 3.05) is 32.7 Å². The van der Waals surface area contributed by atoms with Crippen LogP contribution in [-0.4, -0.2) is 49.6 Å². The third-order valence-corrected chi connectivity index (χ3v) is 3.07. The maximum absolute atomic E-state index is 11.6. The Morgan fingerprint density at radius 2 is 2.18 bits per heavy atom. The van der Waals surface area contributed by atoms with Crippen LogP contribution in [0.15, 0.2) is 12.7 Å². The van der Waals surface area contributed by atoms with Crippen molar-refractivity contribution in [3.63, 3.8) is 0 Å². The van der Waals surface area contributed by atoms with Gasteiger partial charge in [0.1, 0.15) is 0 Å². The molecule has 0 aromatic heterocycles. The van der Waals surface area contributed by atoms with Gasteiger partial charge in [-0.1, -0.05) is 13.0 Å². The predicted molar refractivity (Wildman–Crippen MR) is 71.0 cm³/mol. The van der Waals surface area contributed by atoms with Gasteiger partial charge in [0.15, 0.2) is 0 Å². The number of nitrogens with one attached hydrogen (secondary N) is 2. The summed E-state index contributed by atoms with van der Waals surface area (Å²) < 4.78 is 0. The predicted octanol–water partition coefficient (Wildman–Crippen LogP) is 0.753. The van der Waals surface area contributed by atoms with Gasteiger partial charge in [0.05, 0.1) is 6.54 Å². The number of rotatable bonds is 7. The summed E-state index contributed by atoms with van der Waals surface area (Å²) in [6, 6.07) is 0.362. The number of carbonyl (C=O) groups is 1. The van der Waals surface area contributed by atoms with Crippen molar-refractivity contribution in [1.29, 1.82) is 0 Å². The van der Waals surface area contributed by atoms with Crippen molar-refractivity contribution in [2.24, 2.45) is 0 Å². The first-order chi connectivity index (χ1) is 8.26. The summed E-state index contributed by atoms with van der Waals surface area (Å²) in [6.45, 7) is 10.3. The van der Waals surface area contributed by atoms with Crippen LogP contribution in [0.25, 0.3) is 0 Å². The second-order valence-electron chi connectivity index (χ2n) is 4.60. The van der Waals surface area contributed by atoms with E-state index in [9.17, 15) is 4.79 Å². The Hall–Kier alpha value is -0.870. The maximum atomic E-state index is 11.6. The van der Waals surface area contributed by atoms with E-state index in [0.717, 1.165) is 25.9 Å². The fourth-order valence-electron chi connectivity index (χ4n) is 2.18. The quantitative estimate of drug-likeness (QED) is 0.509. The highest BCUT2D eigenvalue weighted by molar-refractivity contribution is 5.78. The largest absolute Gasteiger partial charge is 0.352 e. The zero-order chi connectivity index (χ0) is 12.5. The summed E-state index contributed by atoms with van der Waals surface area (Å²) in [5.74, 6) is 0.0980. The summed E-state index contributed by atoms with van der Waals surface area (Å²) in [4.78, 5) is 14.0. The lowest BCUT2D eigenvalue weighted by Crippen LogP contribution is -2.47. The molecular formula is C13H25N3O. The number of likely N-dealkylation sites (tertiary alicyclic amines) is 1. The number of hydrogen-bond acceptors (Lipinski definition) is 3. The summed E-state index contributed by atoms with van der Waals surface area (Å²) in [6.07, 6.45) is 5.12. The minimum absolute atomic E-state index is 0.0980. The van der Waals surface area contributed by atoms with E-state index in [-0.39, 0.29) is 5.91 Å². The van der Waals surface area contributed by atoms with Gasteiger partial charge in [-0.15, -0.1) is 6.58 Å². The molecule has 0 aliphatic carbocycles. The van der Waals surface area contributed by atoms with Gasteiger partial charge in [0.2, 0.25) is 5.91 Å². The number of hydrogen-bond donors (Lipinski definition) is 2. The molecule has 4 nitrogen and oxygen atoms in total.